The predicted octanol–water partition coefficient (Wildman–Crippen LogP) is 3.14. The zero-order valence-corrected chi connectivity index (χ0v) is 9.59. The maximum atomic E-state index is 10.7. The van der Waals surface area contributed by atoms with E-state index in [4.69, 9.17) is 5.11 Å². The van der Waals surface area contributed by atoms with E-state index in [1.54, 1.807) is 5.38 Å². The van der Waals surface area contributed by atoms with Crippen LogP contribution in [0.4, 0.5) is 0 Å². The lowest BCUT2D eigenvalue weighted by atomic mass is 9.83. The average molecular weight is 225 g/mol. The first-order valence-corrected chi connectivity index (χ1v) is 6.23. The van der Waals surface area contributed by atoms with Gasteiger partial charge in [0.1, 0.15) is 0 Å². The zero-order chi connectivity index (χ0) is 10.8. The van der Waals surface area contributed by atoms with E-state index < -0.39 is 5.97 Å². The third-order valence-electron chi connectivity index (χ3n) is 3.03. The Morgan fingerprint density at radius 3 is 3.00 bits per heavy atom. The topological polar surface area (TPSA) is 50.2 Å². The molecule has 15 heavy (non-hydrogen) atoms. The van der Waals surface area contributed by atoms with E-state index in [2.05, 4.69) is 11.9 Å². The van der Waals surface area contributed by atoms with Crippen LogP contribution in [0.15, 0.2) is 5.38 Å². The molecular formula is C11H15NO2S. The normalized spacial score (nSPS) is 26.5. The number of hydrogen-bond acceptors (Lipinski definition) is 3. The fourth-order valence-corrected chi connectivity index (χ4v) is 3.18. The highest BCUT2D eigenvalue weighted by atomic mass is 32.1. The first-order chi connectivity index (χ1) is 7.16. The summed E-state index contributed by atoms with van der Waals surface area (Å²) in [5.41, 5.74) is 0.202. The van der Waals surface area contributed by atoms with Gasteiger partial charge >= 0.3 is 5.97 Å². The average Bonchev–Trinajstić information content (AvgIpc) is 2.66. The standard InChI is InChI=1S/C11H15NO2S/c1-7-3-2-4-8(5-7)10-12-9(6-15-10)11(13)14/h6-8H,2-5H2,1H3,(H,13,14). The lowest BCUT2D eigenvalue weighted by Crippen LogP contribution is -2.11. The first-order valence-electron chi connectivity index (χ1n) is 5.35. The molecular weight excluding hydrogens is 210 g/mol. The van der Waals surface area contributed by atoms with E-state index >= 15 is 0 Å². The summed E-state index contributed by atoms with van der Waals surface area (Å²) in [5, 5.41) is 11.5. The summed E-state index contributed by atoms with van der Waals surface area (Å²) >= 11 is 1.49. The van der Waals surface area contributed by atoms with E-state index in [1.165, 1.54) is 24.2 Å². The van der Waals surface area contributed by atoms with Gasteiger partial charge in [-0.25, -0.2) is 9.78 Å². The molecule has 2 unspecified atom stereocenters. The minimum absolute atomic E-state index is 0.202. The number of nitrogens with zero attached hydrogens (tertiary/aromatic N) is 1. The second kappa shape index (κ2) is 4.31. The van der Waals surface area contributed by atoms with E-state index in [0.29, 0.717) is 5.92 Å². The Kier molecular flexibility index (Phi) is 3.05. The summed E-state index contributed by atoms with van der Waals surface area (Å²) in [6.07, 6.45) is 4.87. The number of thiazole rings is 1. The van der Waals surface area contributed by atoms with Gasteiger partial charge in [0.25, 0.3) is 0 Å². The smallest absolute Gasteiger partial charge is 0.355 e. The van der Waals surface area contributed by atoms with Crippen molar-refractivity contribution >= 4 is 17.3 Å². The fraction of sp³-hybridized carbons (Fsp3) is 0.636. The molecule has 0 radical (unpaired) electrons. The summed E-state index contributed by atoms with van der Waals surface area (Å²) in [7, 11) is 0. The van der Waals surface area contributed by atoms with Gasteiger partial charge < -0.3 is 5.11 Å². The van der Waals surface area contributed by atoms with Crippen LogP contribution in [0.1, 0.15) is 54.0 Å². The van der Waals surface area contributed by atoms with Crippen LogP contribution in [-0.4, -0.2) is 16.1 Å². The maximum absolute atomic E-state index is 10.7. The van der Waals surface area contributed by atoms with Gasteiger partial charge in [-0.15, -0.1) is 11.3 Å². The number of aromatic nitrogens is 1. The van der Waals surface area contributed by atoms with Crippen molar-refractivity contribution in [2.24, 2.45) is 5.92 Å². The summed E-state index contributed by atoms with van der Waals surface area (Å²) < 4.78 is 0. The second-order valence-electron chi connectivity index (χ2n) is 4.34. The van der Waals surface area contributed by atoms with Crippen molar-refractivity contribution in [2.45, 2.75) is 38.5 Å². The SMILES string of the molecule is CC1CCCC(c2nc(C(=O)O)cs2)C1. The number of carboxylic acids is 1. The molecule has 3 nitrogen and oxygen atoms in total. The lowest BCUT2D eigenvalue weighted by Gasteiger charge is -2.24. The Bertz CT molecular complexity index is 361. The molecule has 1 aliphatic carbocycles. The molecule has 1 fully saturated rings. The second-order valence-corrected chi connectivity index (χ2v) is 5.23. The Morgan fingerprint density at radius 2 is 2.40 bits per heavy atom. The van der Waals surface area contributed by atoms with E-state index in [0.717, 1.165) is 23.8 Å². The van der Waals surface area contributed by atoms with Crippen molar-refractivity contribution in [3.63, 3.8) is 0 Å². The Morgan fingerprint density at radius 1 is 1.60 bits per heavy atom. The molecule has 1 aromatic rings. The predicted molar refractivity (Wildman–Crippen MR) is 59.4 cm³/mol. The molecule has 1 aliphatic rings. The van der Waals surface area contributed by atoms with Gasteiger partial charge in [-0.2, -0.15) is 0 Å². The van der Waals surface area contributed by atoms with Crippen LogP contribution in [0.5, 0.6) is 0 Å². The summed E-state index contributed by atoms with van der Waals surface area (Å²) in [5.74, 6) is 0.328. The minimum Gasteiger partial charge on any atom is -0.476 e. The Balaban J connectivity index is 2.11. The molecule has 1 saturated carbocycles. The highest BCUT2D eigenvalue weighted by Crippen LogP contribution is 2.37. The van der Waals surface area contributed by atoms with Crippen LogP contribution in [0, 0.1) is 5.92 Å². The van der Waals surface area contributed by atoms with Crippen LogP contribution >= 0.6 is 11.3 Å². The molecule has 1 heterocycles. The van der Waals surface area contributed by atoms with Gasteiger partial charge in [0, 0.05) is 11.3 Å². The molecule has 2 atom stereocenters. The molecule has 0 spiro atoms. The van der Waals surface area contributed by atoms with E-state index in [9.17, 15) is 4.79 Å². The number of carbonyl (C=O) groups is 1. The van der Waals surface area contributed by atoms with Crippen molar-refractivity contribution < 1.29 is 9.90 Å². The van der Waals surface area contributed by atoms with Crippen molar-refractivity contribution in [2.75, 3.05) is 0 Å². The molecule has 0 aliphatic heterocycles. The van der Waals surface area contributed by atoms with E-state index in [1.807, 2.05) is 0 Å². The van der Waals surface area contributed by atoms with Gasteiger partial charge in [0.05, 0.1) is 5.01 Å². The van der Waals surface area contributed by atoms with Crippen LogP contribution in [0.3, 0.4) is 0 Å². The van der Waals surface area contributed by atoms with Crippen molar-refractivity contribution in [3.8, 4) is 0 Å². The number of rotatable bonds is 2. The third-order valence-corrected chi connectivity index (χ3v) is 4.03. The van der Waals surface area contributed by atoms with Gasteiger partial charge in [-0.1, -0.05) is 19.8 Å². The third kappa shape index (κ3) is 2.37. The van der Waals surface area contributed by atoms with Crippen molar-refractivity contribution in [3.05, 3.63) is 16.1 Å². The minimum atomic E-state index is -0.915. The molecule has 4 heteroatoms. The molecule has 0 saturated heterocycles. The quantitative estimate of drug-likeness (QED) is 0.841. The van der Waals surface area contributed by atoms with Gasteiger partial charge in [0.2, 0.25) is 0 Å². The van der Waals surface area contributed by atoms with Crippen molar-refractivity contribution in [1.29, 1.82) is 0 Å². The van der Waals surface area contributed by atoms with Crippen LogP contribution < -0.4 is 0 Å². The largest absolute Gasteiger partial charge is 0.476 e. The Labute approximate surface area is 93.2 Å². The molecule has 1 N–H and O–H groups in total. The molecule has 1 aromatic heterocycles. The number of hydrogen-bond donors (Lipinski definition) is 1. The van der Waals surface area contributed by atoms with Crippen LogP contribution in [-0.2, 0) is 0 Å². The summed E-state index contributed by atoms with van der Waals surface area (Å²) in [4.78, 5) is 14.9. The number of carboxylic acid groups (broad SMARTS) is 1. The van der Waals surface area contributed by atoms with Crippen molar-refractivity contribution in [1.82, 2.24) is 4.98 Å². The maximum Gasteiger partial charge on any atom is 0.355 e. The fourth-order valence-electron chi connectivity index (χ4n) is 2.23. The van der Waals surface area contributed by atoms with Crippen LogP contribution in [0.2, 0.25) is 0 Å². The first kappa shape index (κ1) is 10.6. The highest BCUT2D eigenvalue weighted by Gasteiger charge is 2.23. The monoisotopic (exact) mass is 225 g/mol. The van der Waals surface area contributed by atoms with Crippen LogP contribution in [0.25, 0.3) is 0 Å². The molecule has 0 aromatic carbocycles. The summed E-state index contributed by atoms with van der Waals surface area (Å²) in [6.45, 7) is 2.26. The highest BCUT2D eigenvalue weighted by molar-refractivity contribution is 7.09. The van der Waals surface area contributed by atoms with Gasteiger partial charge in [0.15, 0.2) is 5.69 Å². The molecule has 0 amide bonds. The van der Waals surface area contributed by atoms with Gasteiger partial charge in [-0.05, 0) is 18.8 Å². The number of aromatic carboxylic acids is 1. The zero-order valence-electron chi connectivity index (χ0n) is 8.77. The lowest BCUT2D eigenvalue weighted by molar-refractivity contribution is 0.0691. The molecule has 0 bridgehead atoms. The summed E-state index contributed by atoms with van der Waals surface area (Å²) in [6, 6.07) is 0. The molecule has 82 valence electrons. The molecule has 2 rings (SSSR count). The Hall–Kier alpha value is -0.900. The van der Waals surface area contributed by atoms with E-state index in [-0.39, 0.29) is 5.69 Å². The van der Waals surface area contributed by atoms with Gasteiger partial charge in [-0.3, -0.25) is 0 Å².